The van der Waals surface area contributed by atoms with Crippen molar-refractivity contribution in [2.45, 2.75) is 56.9 Å². The predicted molar refractivity (Wildman–Crippen MR) is 90.3 cm³/mol. The first-order valence-corrected chi connectivity index (χ1v) is 8.83. The minimum absolute atomic E-state index is 0.264. The third-order valence-electron chi connectivity index (χ3n) is 4.77. The predicted octanol–water partition coefficient (Wildman–Crippen LogP) is 2.21. The van der Waals surface area contributed by atoms with Crippen LogP contribution in [0.3, 0.4) is 0 Å². The topological polar surface area (TPSA) is 74.7 Å². The van der Waals surface area contributed by atoms with Crippen LogP contribution in [0.2, 0.25) is 0 Å². The number of rotatable bonds is 7. The molecule has 1 aliphatic rings. The van der Waals surface area contributed by atoms with Crippen molar-refractivity contribution in [1.82, 2.24) is 14.7 Å². The molecule has 0 saturated carbocycles. The molecule has 132 valence electrons. The molecular formula is C18H27N3O3. The maximum atomic E-state index is 10.4. The Kier molecular flexibility index (Phi) is 6.07. The van der Waals surface area contributed by atoms with Gasteiger partial charge in [-0.2, -0.15) is 5.10 Å². The van der Waals surface area contributed by atoms with Crippen LogP contribution in [0.15, 0.2) is 41.3 Å². The molecule has 6 heteroatoms. The summed E-state index contributed by atoms with van der Waals surface area (Å²) in [5.41, 5.74) is 0. The van der Waals surface area contributed by atoms with E-state index >= 15 is 0 Å². The Morgan fingerprint density at radius 3 is 2.88 bits per heavy atom. The normalized spacial score (nSPS) is 22.2. The first-order chi connectivity index (χ1) is 11.7. The van der Waals surface area contributed by atoms with Crippen LogP contribution in [0.4, 0.5) is 0 Å². The average molecular weight is 333 g/mol. The number of aliphatic hydroxyl groups excluding tert-OH is 2. The summed E-state index contributed by atoms with van der Waals surface area (Å²) in [7, 11) is 0. The largest absolute Gasteiger partial charge is 0.467 e. The van der Waals surface area contributed by atoms with E-state index in [-0.39, 0.29) is 6.04 Å². The molecule has 1 fully saturated rings. The van der Waals surface area contributed by atoms with Gasteiger partial charge in [-0.1, -0.05) is 12.8 Å². The van der Waals surface area contributed by atoms with E-state index in [0.29, 0.717) is 25.3 Å². The third kappa shape index (κ3) is 4.69. The summed E-state index contributed by atoms with van der Waals surface area (Å²) in [5, 5.41) is 25.0. The number of aromatic nitrogens is 2. The highest BCUT2D eigenvalue weighted by Gasteiger charge is 2.26. The standard InChI is InChI=1S/C18H27N3O3/c22-16(14-21-10-5-8-19-21)13-20-9-3-1-2-6-15(20)12-17(23)18-7-4-11-24-18/h4-5,7-8,10-11,15-17,22-23H,1-3,6,9,12-14H2/t15-,16-,17+/m0/s1. The van der Waals surface area contributed by atoms with Crippen LogP contribution in [-0.2, 0) is 6.54 Å². The lowest BCUT2D eigenvalue weighted by Crippen LogP contribution is -2.42. The van der Waals surface area contributed by atoms with Gasteiger partial charge >= 0.3 is 0 Å². The minimum Gasteiger partial charge on any atom is -0.467 e. The van der Waals surface area contributed by atoms with Crippen LogP contribution < -0.4 is 0 Å². The molecule has 24 heavy (non-hydrogen) atoms. The molecule has 2 aromatic rings. The Morgan fingerprint density at radius 1 is 1.21 bits per heavy atom. The molecular weight excluding hydrogens is 306 g/mol. The van der Waals surface area contributed by atoms with Crippen LogP contribution >= 0.6 is 0 Å². The fourth-order valence-electron chi connectivity index (χ4n) is 3.55. The van der Waals surface area contributed by atoms with Crippen LogP contribution in [0.25, 0.3) is 0 Å². The lowest BCUT2D eigenvalue weighted by atomic mass is 10.0. The molecule has 0 amide bonds. The van der Waals surface area contributed by atoms with E-state index in [0.717, 1.165) is 19.4 Å². The number of hydrogen-bond donors (Lipinski definition) is 2. The summed E-state index contributed by atoms with van der Waals surface area (Å²) in [5.74, 6) is 0.622. The number of nitrogens with zero attached hydrogens (tertiary/aromatic N) is 3. The molecule has 3 heterocycles. The molecule has 0 unspecified atom stereocenters. The smallest absolute Gasteiger partial charge is 0.132 e. The first-order valence-electron chi connectivity index (χ1n) is 8.83. The van der Waals surface area contributed by atoms with Crippen LogP contribution in [-0.4, -0.2) is 50.1 Å². The molecule has 1 aliphatic heterocycles. The van der Waals surface area contributed by atoms with Gasteiger partial charge in [-0.15, -0.1) is 0 Å². The Balaban J connectivity index is 1.59. The zero-order valence-electron chi connectivity index (χ0n) is 14.0. The van der Waals surface area contributed by atoms with Gasteiger partial charge in [-0.25, -0.2) is 0 Å². The number of β-amino-alcohol motifs (C(OH)–C–C–N with tert-alkyl or cyclic N) is 1. The monoisotopic (exact) mass is 333 g/mol. The Hall–Kier alpha value is -1.63. The number of furan rings is 1. The summed E-state index contributed by atoms with van der Waals surface area (Å²) in [6.07, 6.45) is 9.33. The fraction of sp³-hybridized carbons (Fsp3) is 0.611. The van der Waals surface area contributed by atoms with Gasteiger partial charge in [0.25, 0.3) is 0 Å². The molecule has 0 aliphatic carbocycles. The molecule has 0 spiro atoms. The zero-order valence-corrected chi connectivity index (χ0v) is 14.0. The summed E-state index contributed by atoms with van der Waals surface area (Å²) in [4.78, 5) is 2.33. The second-order valence-electron chi connectivity index (χ2n) is 6.65. The van der Waals surface area contributed by atoms with Crippen molar-refractivity contribution in [2.24, 2.45) is 0 Å². The van der Waals surface area contributed by atoms with Gasteiger partial charge in [-0.3, -0.25) is 9.58 Å². The van der Waals surface area contributed by atoms with Crippen molar-refractivity contribution in [3.05, 3.63) is 42.6 Å². The maximum Gasteiger partial charge on any atom is 0.132 e. The van der Waals surface area contributed by atoms with E-state index in [4.69, 9.17) is 4.42 Å². The summed E-state index contributed by atoms with van der Waals surface area (Å²) >= 11 is 0. The second kappa shape index (κ2) is 8.46. The van der Waals surface area contributed by atoms with E-state index < -0.39 is 12.2 Å². The molecule has 0 aromatic carbocycles. The zero-order chi connectivity index (χ0) is 16.8. The Morgan fingerprint density at radius 2 is 2.12 bits per heavy atom. The van der Waals surface area contributed by atoms with Gasteiger partial charge in [0.1, 0.15) is 11.9 Å². The van der Waals surface area contributed by atoms with E-state index in [2.05, 4.69) is 10.00 Å². The maximum absolute atomic E-state index is 10.4. The summed E-state index contributed by atoms with van der Waals surface area (Å²) in [6.45, 7) is 2.07. The molecule has 6 nitrogen and oxygen atoms in total. The number of hydrogen-bond acceptors (Lipinski definition) is 5. The number of likely N-dealkylation sites (tertiary alicyclic amines) is 1. The highest BCUT2D eigenvalue weighted by molar-refractivity contribution is 5.02. The van der Waals surface area contributed by atoms with Crippen molar-refractivity contribution >= 4 is 0 Å². The molecule has 0 radical (unpaired) electrons. The quantitative estimate of drug-likeness (QED) is 0.812. The average Bonchev–Trinajstić information content (AvgIpc) is 3.22. The van der Waals surface area contributed by atoms with E-state index in [1.807, 2.05) is 18.3 Å². The molecule has 1 saturated heterocycles. The van der Waals surface area contributed by atoms with Crippen molar-refractivity contribution in [2.75, 3.05) is 13.1 Å². The van der Waals surface area contributed by atoms with Crippen LogP contribution in [0.5, 0.6) is 0 Å². The molecule has 0 bridgehead atoms. The van der Waals surface area contributed by atoms with Crippen molar-refractivity contribution in [3.63, 3.8) is 0 Å². The van der Waals surface area contributed by atoms with Crippen molar-refractivity contribution in [1.29, 1.82) is 0 Å². The van der Waals surface area contributed by atoms with Gasteiger partial charge in [0.2, 0.25) is 0 Å². The van der Waals surface area contributed by atoms with Gasteiger partial charge in [-0.05, 0) is 44.0 Å². The van der Waals surface area contributed by atoms with Crippen LogP contribution in [0, 0.1) is 0 Å². The SMILES string of the molecule is O[C@@H](CN1CCCCC[C@H]1C[C@@H](O)c1ccco1)Cn1cccn1. The molecule has 2 aromatic heterocycles. The van der Waals surface area contributed by atoms with Gasteiger partial charge in [0, 0.05) is 25.0 Å². The first kappa shape index (κ1) is 17.2. The molecule has 3 rings (SSSR count). The van der Waals surface area contributed by atoms with Crippen molar-refractivity contribution < 1.29 is 14.6 Å². The minimum atomic E-state index is -0.589. The van der Waals surface area contributed by atoms with E-state index in [9.17, 15) is 10.2 Å². The van der Waals surface area contributed by atoms with Gasteiger partial charge in [0.05, 0.1) is 18.9 Å². The van der Waals surface area contributed by atoms with E-state index in [1.165, 1.54) is 12.8 Å². The summed E-state index contributed by atoms with van der Waals surface area (Å²) in [6, 6.07) is 5.75. The molecule has 3 atom stereocenters. The fourth-order valence-corrected chi connectivity index (χ4v) is 3.55. The Bertz CT molecular complexity index is 570. The highest BCUT2D eigenvalue weighted by Crippen LogP contribution is 2.26. The lowest BCUT2D eigenvalue weighted by molar-refractivity contribution is 0.0461. The number of aliphatic hydroxyl groups is 2. The summed E-state index contributed by atoms with van der Waals surface area (Å²) < 4.78 is 7.08. The third-order valence-corrected chi connectivity index (χ3v) is 4.77. The Labute approximate surface area is 142 Å². The second-order valence-corrected chi connectivity index (χ2v) is 6.65. The van der Waals surface area contributed by atoms with Gasteiger partial charge in [0.15, 0.2) is 0 Å². The van der Waals surface area contributed by atoms with Crippen LogP contribution in [0.1, 0.15) is 44.0 Å². The van der Waals surface area contributed by atoms with Crippen molar-refractivity contribution in [3.8, 4) is 0 Å². The molecule has 2 N–H and O–H groups in total. The van der Waals surface area contributed by atoms with E-state index in [1.54, 1.807) is 23.2 Å². The highest BCUT2D eigenvalue weighted by atomic mass is 16.4. The lowest BCUT2D eigenvalue weighted by Gasteiger charge is -2.32. The van der Waals surface area contributed by atoms with Gasteiger partial charge < -0.3 is 14.6 Å².